The zero-order valence-corrected chi connectivity index (χ0v) is 11.6. The highest BCUT2D eigenvalue weighted by atomic mass is 16.3. The van der Waals surface area contributed by atoms with Crippen molar-refractivity contribution in [2.45, 2.75) is 26.8 Å². The van der Waals surface area contributed by atoms with Crippen LogP contribution < -0.4 is 5.32 Å². The Morgan fingerprint density at radius 3 is 2.32 bits per heavy atom. The SMILES string of the molecule is CC(C)Cc1ccc(NCc2ccccc2O)cc1. The molecule has 0 aliphatic heterocycles. The molecule has 0 aliphatic rings. The van der Waals surface area contributed by atoms with Crippen molar-refractivity contribution in [2.24, 2.45) is 5.92 Å². The Morgan fingerprint density at radius 2 is 1.68 bits per heavy atom. The Hall–Kier alpha value is -1.96. The van der Waals surface area contributed by atoms with Crippen molar-refractivity contribution in [1.29, 1.82) is 0 Å². The zero-order valence-electron chi connectivity index (χ0n) is 11.6. The molecule has 0 atom stereocenters. The maximum absolute atomic E-state index is 9.69. The van der Waals surface area contributed by atoms with Gasteiger partial charge in [0.15, 0.2) is 0 Å². The van der Waals surface area contributed by atoms with E-state index in [9.17, 15) is 5.11 Å². The molecule has 2 rings (SSSR count). The van der Waals surface area contributed by atoms with Crippen molar-refractivity contribution in [1.82, 2.24) is 0 Å². The van der Waals surface area contributed by atoms with Gasteiger partial charge in [0.1, 0.15) is 5.75 Å². The van der Waals surface area contributed by atoms with Crippen molar-refractivity contribution in [3.8, 4) is 5.75 Å². The Kier molecular flexibility index (Phi) is 4.45. The first-order valence-electron chi connectivity index (χ1n) is 6.75. The number of nitrogens with one attached hydrogen (secondary N) is 1. The lowest BCUT2D eigenvalue weighted by molar-refractivity contribution is 0.469. The van der Waals surface area contributed by atoms with Crippen molar-refractivity contribution >= 4 is 5.69 Å². The topological polar surface area (TPSA) is 32.3 Å². The van der Waals surface area contributed by atoms with Gasteiger partial charge in [-0.05, 0) is 36.1 Å². The van der Waals surface area contributed by atoms with Gasteiger partial charge in [0.2, 0.25) is 0 Å². The Bertz CT molecular complexity index is 517. The molecule has 100 valence electrons. The summed E-state index contributed by atoms with van der Waals surface area (Å²) in [6.45, 7) is 5.09. The quantitative estimate of drug-likeness (QED) is 0.839. The van der Waals surface area contributed by atoms with Crippen LogP contribution in [0.2, 0.25) is 0 Å². The number of hydrogen-bond donors (Lipinski definition) is 2. The van der Waals surface area contributed by atoms with E-state index in [1.165, 1.54) is 5.56 Å². The first-order chi connectivity index (χ1) is 9.15. The van der Waals surface area contributed by atoms with Gasteiger partial charge in [0.05, 0.1) is 0 Å². The fourth-order valence-electron chi connectivity index (χ4n) is 2.09. The van der Waals surface area contributed by atoms with E-state index in [1.807, 2.05) is 18.2 Å². The zero-order chi connectivity index (χ0) is 13.7. The van der Waals surface area contributed by atoms with Crippen LogP contribution in [0.4, 0.5) is 5.69 Å². The molecular formula is C17H21NO. The second kappa shape index (κ2) is 6.28. The van der Waals surface area contributed by atoms with Crippen LogP contribution in [0.25, 0.3) is 0 Å². The number of hydrogen-bond acceptors (Lipinski definition) is 2. The Balaban J connectivity index is 1.95. The molecule has 2 N–H and O–H groups in total. The minimum atomic E-state index is 0.339. The van der Waals surface area contributed by atoms with Gasteiger partial charge < -0.3 is 10.4 Å². The molecule has 0 saturated carbocycles. The Morgan fingerprint density at radius 1 is 1.00 bits per heavy atom. The van der Waals surface area contributed by atoms with Gasteiger partial charge in [-0.2, -0.15) is 0 Å². The second-order valence-electron chi connectivity index (χ2n) is 5.28. The summed E-state index contributed by atoms with van der Waals surface area (Å²) in [6.07, 6.45) is 1.11. The van der Waals surface area contributed by atoms with Crippen LogP contribution in [0.3, 0.4) is 0 Å². The normalized spacial score (nSPS) is 10.7. The van der Waals surface area contributed by atoms with Crippen LogP contribution in [0.1, 0.15) is 25.0 Å². The average molecular weight is 255 g/mol. The van der Waals surface area contributed by atoms with E-state index in [1.54, 1.807) is 6.07 Å². The molecule has 2 aromatic carbocycles. The largest absolute Gasteiger partial charge is 0.508 e. The van der Waals surface area contributed by atoms with Gasteiger partial charge in [-0.1, -0.05) is 44.2 Å². The number of aromatic hydroxyl groups is 1. The van der Waals surface area contributed by atoms with E-state index >= 15 is 0 Å². The minimum absolute atomic E-state index is 0.339. The van der Waals surface area contributed by atoms with Gasteiger partial charge >= 0.3 is 0 Å². The van der Waals surface area contributed by atoms with Gasteiger partial charge in [0, 0.05) is 17.8 Å². The molecule has 0 aromatic heterocycles. The first-order valence-corrected chi connectivity index (χ1v) is 6.75. The van der Waals surface area contributed by atoms with Crippen molar-refractivity contribution in [3.63, 3.8) is 0 Å². The number of rotatable bonds is 5. The highest BCUT2D eigenvalue weighted by molar-refractivity contribution is 5.46. The van der Waals surface area contributed by atoms with E-state index in [2.05, 4.69) is 43.4 Å². The average Bonchev–Trinajstić information content (AvgIpc) is 2.39. The molecular weight excluding hydrogens is 234 g/mol. The smallest absolute Gasteiger partial charge is 0.120 e. The summed E-state index contributed by atoms with van der Waals surface area (Å²) >= 11 is 0. The van der Waals surface area contributed by atoms with E-state index in [4.69, 9.17) is 0 Å². The van der Waals surface area contributed by atoms with Crippen LogP contribution in [-0.2, 0) is 13.0 Å². The van der Waals surface area contributed by atoms with Crippen LogP contribution >= 0.6 is 0 Å². The van der Waals surface area contributed by atoms with Crippen molar-refractivity contribution in [3.05, 3.63) is 59.7 Å². The molecule has 2 aromatic rings. The fourth-order valence-corrected chi connectivity index (χ4v) is 2.09. The minimum Gasteiger partial charge on any atom is -0.508 e. The third kappa shape index (κ3) is 4.02. The third-order valence-corrected chi connectivity index (χ3v) is 3.07. The number of benzene rings is 2. The lowest BCUT2D eigenvalue weighted by Crippen LogP contribution is -2.00. The molecule has 0 bridgehead atoms. The van der Waals surface area contributed by atoms with Gasteiger partial charge in [-0.15, -0.1) is 0 Å². The van der Waals surface area contributed by atoms with Crippen LogP contribution in [0.5, 0.6) is 5.75 Å². The summed E-state index contributed by atoms with van der Waals surface area (Å²) in [4.78, 5) is 0. The lowest BCUT2D eigenvalue weighted by atomic mass is 10.0. The standard InChI is InChI=1S/C17H21NO/c1-13(2)11-14-7-9-16(10-8-14)18-12-15-5-3-4-6-17(15)19/h3-10,13,18-19H,11-12H2,1-2H3. The summed E-state index contributed by atoms with van der Waals surface area (Å²) in [7, 11) is 0. The van der Waals surface area contributed by atoms with Gasteiger partial charge in [0.25, 0.3) is 0 Å². The van der Waals surface area contributed by atoms with Crippen LogP contribution in [0.15, 0.2) is 48.5 Å². The molecule has 0 aliphatic carbocycles. The van der Waals surface area contributed by atoms with Gasteiger partial charge in [-0.3, -0.25) is 0 Å². The highest BCUT2D eigenvalue weighted by Crippen LogP contribution is 2.18. The highest BCUT2D eigenvalue weighted by Gasteiger charge is 2.00. The summed E-state index contributed by atoms with van der Waals surface area (Å²) in [5, 5.41) is 13.0. The predicted octanol–water partition coefficient (Wildman–Crippen LogP) is 4.20. The molecule has 19 heavy (non-hydrogen) atoms. The Labute approximate surface area is 115 Å². The lowest BCUT2D eigenvalue weighted by Gasteiger charge is -2.09. The number of anilines is 1. The van der Waals surface area contributed by atoms with Crippen LogP contribution in [0, 0.1) is 5.92 Å². The van der Waals surface area contributed by atoms with Crippen molar-refractivity contribution in [2.75, 3.05) is 5.32 Å². The molecule has 0 radical (unpaired) electrons. The molecule has 0 unspecified atom stereocenters. The van der Waals surface area contributed by atoms with E-state index in [0.717, 1.165) is 17.7 Å². The molecule has 0 amide bonds. The van der Waals surface area contributed by atoms with Crippen LogP contribution in [-0.4, -0.2) is 5.11 Å². The van der Waals surface area contributed by atoms with E-state index < -0.39 is 0 Å². The number of para-hydroxylation sites is 1. The van der Waals surface area contributed by atoms with Gasteiger partial charge in [-0.25, -0.2) is 0 Å². The molecule has 2 heteroatoms. The summed E-state index contributed by atoms with van der Waals surface area (Å²) in [5.41, 5.74) is 3.35. The van der Waals surface area contributed by atoms with E-state index in [-0.39, 0.29) is 0 Å². The fraction of sp³-hybridized carbons (Fsp3) is 0.294. The maximum atomic E-state index is 9.69. The summed E-state index contributed by atoms with van der Waals surface area (Å²) in [6, 6.07) is 15.9. The summed E-state index contributed by atoms with van der Waals surface area (Å²) < 4.78 is 0. The maximum Gasteiger partial charge on any atom is 0.120 e. The third-order valence-electron chi connectivity index (χ3n) is 3.07. The molecule has 0 heterocycles. The second-order valence-corrected chi connectivity index (χ2v) is 5.28. The molecule has 0 saturated heterocycles. The summed E-state index contributed by atoms with van der Waals surface area (Å²) in [5.74, 6) is 1.02. The number of phenols is 1. The number of phenolic OH excluding ortho intramolecular Hbond substituents is 1. The molecule has 0 fully saturated rings. The first kappa shape index (κ1) is 13.5. The monoisotopic (exact) mass is 255 g/mol. The van der Waals surface area contributed by atoms with Crippen molar-refractivity contribution < 1.29 is 5.11 Å². The molecule has 0 spiro atoms. The predicted molar refractivity (Wildman–Crippen MR) is 80.4 cm³/mol. The molecule has 2 nitrogen and oxygen atoms in total. The van der Waals surface area contributed by atoms with E-state index in [0.29, 0.717) is 18.2 Å².